The zero-order valence-corrected chi connectivity index (χ0v) is 5.53. The van der Waals surface area contributed by atoms with Gasteiger partial charge in [0.2, 0.25) is 0 Å². The van der Waals surface area contributed by atoms with Crippen molar-refractivity contribution in [1.29, 1.82) is 5.41 Å². The molecule has 0 amide bonds. The van der Waals surface area contributed by atoms with Gasteiger partial charge in [-0.2, -0.15) is 0 Å². The van der Waals surface area contributed by atoms with Crippen LogP contribution in [0.1, 0.15) is 5.56 Å². The molecular formula is C5H7N3S. The summed E-state index contributed by atoms with van der Waals surface area (Å²) in [6.45, 7) is 0. The summed E-state index contributed by atoms with van der Waals surface area (Å²) >= 11 is 1.39. The van der Waals surface area contributed by atoms with Crippen LogP contribution in [0.25, 0.3) is 0 Å². The predicted octanol–water partition coefficient (Wildman–Crippen LogP) is 0.614. The van der Waals surface area contributed by atoms with Gasteiger partial charge in [0, 0.05) is 10.9 Å². The van der Waals surface area contributed by atoms with E-state index in [0.717, 1.165) is 0 Å². The molecule has 0 radical (unpaired) electrons. The predicted molar refractivity (Wildman–Crippen MR) is 39.7 cm³/mol. The van der Waals surface area contributed by atoms with E-state index >= 15 is 0 Å². The normalized spacial score (nSPS) is 9.33. The molecule has 0 unspecified atom stereocenters. The van der Waals surface area contributed by atoms with Gasteiger partial charge in [-0.15, -0.1) is 11.3 Å². The first-order valence-electron chi connectivity index (χ1n) is 2.38. The average molecular weight is 141 g/mol. The van der Waals surface area contributed by atoms with Crippen molar-refractivity contribution in [3.8, 4) is 0 Å². The van der Waals surface area contributed by atoms with E-state index in [2.05, 4.69) is 0 Å². The Morgan fingerprint density at radius 3 is 2.56 bits per heavy atom. The van der Waals surface area contributed by atoms with E-state index in [9.17, 15) is 0 Å². The lowest BCUT2D eigenvalue weighted by Gasteiger charge is -1.86. The van der Waals surface area contributed by atoms with Gasteiger partial charge in [0.15, 0.2) is 0 Å². The monoisotopic (exact) mass is 141 g/mol. The van der Waals surface area contributed by atoms with Crippen LogP contribution in [0.15, 0.2) is 11.4 Å². The fraction of sp³-hybridized carbons (Fsp3) is 0. The van der Waals surface area contributed by atoms with Gasteiger partial charge in [0.1, 0.15) is 5.84 Å². The summed E-state index contributed by atoms with van der Waals surface area (Å²) in [5, 5.41) is 9.43. The Morgan fingerprint density at radius 2 is 2.33 bits per heavy atom. The smallest absolute Gasteiger partial charge is 0.123 e. The molecule has 5 N–H and O–H groups in total. The molecule has 0 saturated carbocycles. The molecule has 0 saturated heterocycles. The molecule has 0 spiro atoms. The van der Waals surface area contributed by atoms with E-state index in [1.807, 2.05) is 0 Å². The summed E-state index contributed by atoms with van der Waals surface area (Å²) in [4.78, 5) is 0. The largest absolute Gasteiger partial charge is 0.391 e. The molecule has 48 valence electrons. The molecule has 0 bridgehead atoms. The van der Waals surface area contributed by atoms with E-state index < -0.39 is 0 Å². The molecule has 3 nitrogen and oxygen atoms in total. The number of nitrogens with one attached hydrogen (secondary N) is 1. The minimum atomic E-state index is 0.0722. The van der Waals surface area contributed by atoms with Gasteiger partial charge in [0.05, 0.1) is 5.00 Å². The Balaban J connectivity index is 2.98. The van der Waals surface area contributed by atoms with E-state index in [1.54, 1.807) is 11.4 Å². The topological polar surface area (TPSA) is 75.9 Å². The standard InChI is InChI=1S/C5H7N3S/c6-4-1-3(2-9-4)5(7)8/h1-2H,6H2,(H3,7,8). The van der Waals surface area contributed by atoms with Crippen molar-refractivity contribution in [2.45, 2.75) is 0 Å². The average Bonchev–Trinajstić information content (AvgIpc) is 2.14. The molecule has 9 heavy (non-hydrogen) atoms. The van der Waals surface area contributed by atoms with Crippen molar-refractivity contribution in [3.63, 3.8) is 0 Å². The summed E-state index contributed by atoms with van der Waals surface area (Å²) in [6, 6.07) is 1.69. The molecule has 1 aromatic rings. The van der Waals surface area contributed by atoms with E-state index in [4.69, 9.17) is 16.9 Å². The Hall–Kier alpha value is -1.03. The highest BCUT2D eigenvalue weighted by Gasteiger charge is 1.96. The van der Waals surface area contributed by atoms with Crippen LogP contribution in [0, 0.1) is 5.41 Å². The maximum Gasteiger partial charge on any atom is 0.123 e. The molecule has 0 fully saturated rings. The van der Waals surface area contributed by atoms with Crippen molar-refractivity contribution in [2.24, 2.45) is 5.73 Å². The van der Waals surface area contributed by atoms with Crippen LogP contribution < -0.4 is 11.5 Å². The lowest BCUT2D eigenvalue weighted by atomic mass is 10.3. The lowest BCUT2D eigenvalue weighted by molar-refractivity contribution is 1.44. The fourth-order valence-electron chi connectivity index (χ4n) is 0.494. The summed E-state index contributed by atoms with van der Waals surface area (Å²) in [7, 11) is 0. The summed E-state index contributed by atoms with van der Waals surface area (Å²) in [5.74, 6) is 0.0722. The molecule has 1 heterocycles. The van der Waals surface area contributed by atoms with Gasteiger partial charge >= 0.3 is 0 Å². The molecule has 0 aliphatic carbocycles. The molecule has 0 aromatic carbocycles. The quantitative estimate of drug-likeness (QED) is 0.396. The zero-order chi connectivity index (χ0) is 6.85. The van der Waals surface area contributed by atoms with Crippen LogP contribution in [-0.2, 0) is 0 Å². The van der Waals surface area contributed by atoms with Crippen molar-refractivity contribution in [3.05, 3.63) is 17.0 Å². The third-order valence-corrected chi connectivity index (χ3v) is 1.69. The van der Waals surface area contributed by atoms with Crippen LogP contribution in [0.3, 0.4) is 0 Å². The SMILES string of the molecule is N=C(N)c1csc(N)c1. The molecule has 0 aliphatic heterocycles. The number of nitrogens with two attached hydrogens (primary N) is 2. The first-order valence-corrected chi connectivity index (χ1v) is 3.26. The van der Waals surface area contributed by atoms with Crippen molar-refractivity contribution < 1.29 is 0 Å². The van der Waals surface area contributed by atoms with Gasteiger partial charge in [-0.25, -0.2) is 0 Å². The maximum atomic E-state index is 6.98. The number of nitrogen functional groups attached to an aromatic ring is 2. The van der Waals surface area contributed by atoms with Crippen LogP contribution >= 0.6 is 11.3 Å². The molecule has 0 aliphatic rings. The van der Waals surface area contributed by atoms with Gasteiger partial charge in [0.25, 0.3) is 0 Å². The second kappa shape index (κ2) is 2.06. The van der Waals surface area contributed by atoms with Gasteiger partial charge < -0.3 is 11.5 Å². The fourth-order valence-corrected chi connectivity index (χ4v) is 1.15. The van der Waals surface area contributed by atoms with E-state index in [0.29, 0.717) is 10.6 Å². The number of hydrogen-bond acceptors (Lipinski definition) is 3. The summed E-state index contributed by atoms with van der Waals surface area (Å²) in [6.07, 6.45) is 0. The molecular weight excluding hydrogens is 134 g/mol. The van der Waals surface area contributed by atoms with Gasteiger partial charge in [-0.05, 0) is 6.07 Å². The van der Waals surface area contributed by atoms with Crippen molar-refractivity contribution in [1.82, 2.24) is 0 Å². The number of rotatable bonds is 1. The van der Waals surface area contributed by atoms with Gasteiger partial charge in [-0.3, -0.25) is 5.41 Å². The minimum absolute atomic E-state index is 0.0722. The molecule has 4 heteroatoms. The minimum Gasteiger partial charge on any atom is -0.391 e. The van der Waals surface area contributed by atoms with Crippen LogP contribution in [0.4, 0.5) is 5.00 Å². The van der Waals surface area contributed by atoms with E-state index in [1.165, 1.54) is 11.3 Å². The molecule has 1 aromatic heterocycles. The van der Waals surface area contributed by atoms with Crippen molar-refractivity contribution >= 4 is 22.2 Å². The third-order valence-electron chi connectivity index (χ3n) is 0.931. The number of amidine groups is 1. The first kappa shape index (κ1) is 6.10. The van der Waals surface area contributed by atoms with Crippen LogP contribution in [0.2, 0.25) is 0 Å². The van der Waals surface area contributed by atoms with Crippen LogP contribution in [-0.4, -0.2) is 5.84 Å². The second-order valence-corrected chi connectivity index (χ2v) is 2.59. The van der Waals surface area contributed by atoms with Crippen LogP contribution in [0.5, 0.6) is 0 Å². The lowest BCUT2D eigenvalue weighted by Crippen LogP contribution is -2.09. The molecule has 0 atom stereocenters. The zero-order valence-electron chi connectivity index (χ0n) is 4.72. The second-order valence-electron chi connectivity index (χ2n) is 1.65. The maximum absolute atomic E-state index is 6.98. The summed E-state index contributed by atoms with van der Waals surface area (Å²) < 4.78 is 0. The van der Waals surface area contributed by atoms with Crippen molar-refractivity contribution in [2.75, 3.05) is 5.73 Å². The highest BCUT2D eigenvalue weighted by molar-refractivity contribution is 7.14. The Morgan fingerprint density at radius 1 is 1.67 bits per heavy atom. The highest BCUT2D eigenvalue weighted by atomic mass is 32.1. The van der Waals surface area contributed by atoms with Gasteiger partial charge in [-0.1, -0.05) is 0 Å². The Bertz CT molecular complexity index is 228. The summed E-state index contributed by atoms with van der Waals surface area (Å²) in [5.41, 5.74) is 11.3. The number of hydrogen-bond donors (Lipinski definition) is 3. The van der Waals surface area contributed by atoms with E-state index in [-0.39, 0.29) is 5.84 Å². The first-order chi connectivity index (χ1) is 4.20. The Labute approximate surface area is 56.8 Å². The number of anilines is 1. The highest BCUT2D eigenvalue weighted by Crippen LogP contribution is 2.14. The molecule has 1 rings (SSSR count). The third kappa shape index (κ3) is 1.20. The Kier molecular flexibility index (Phi) is 1.40. The number of thiophene rings is 1.